The molecule has 0 saturated heterocycles. The Morgan fingerprint density at radius 2 is 1.42 bits per heavy atom. The van der Waals surface area contributed by atoms with Gasteiger partial charge in [-0.05, 0) is 51.4 Å². The maximum Gasteiger partial charge on any atom is 0.246 e. The average Bonchev–Trinajstić information content (AvgIpc) is 3.16. The fourth-order valence-corrected chi connectivity index (χ4v) is 4.50. The quantitative estimate of drug-likeness (QED) is 0.115. The van der Waals surface area contributed by atoms with E-state index in [1.54, 1.807) is 0 Å². The molecule has 4 heteroatoms. The lowest BCUT2D eigenvalue weighted by molar-refractivity contribution is -0.487. The van der Waals surface area contributed by atoms with Crippen molar-refractivity contribution in [1.82, 2.24) is 10.2 Å². The molecule has 0 radical (unpaired) electrons. The summed E-state index contributed by atoms with van der Waals surface area (Å²) in [4.78, 5) is 14.7. The molecule has 0 fully saturated rings. The number of allylic oxidation sites excluding steroid dienone is 4. The van der Waals surface area contributed by atoms with Crippen molar-refractivity contribution in [1.29, 1.82) is 0 Å². The molecule has 1 heterocycles. The van der Waals surface area contributed by atoms with Gasteiger partial charge in [0, 0.05) is 12.8 Å². The zero-order valence-corrected chi connectivity index (χ0v) is 22.3. The Morgan fingerprint density at radius 1 is 0.848 bits per heavy atom. The number of hydrogen-bond donors (Lipinski definition) is 1. The first-order valence-corrected chi connectivity index (χ1v) is 14.1. The van der Waals surface area contributed by atoms with Crippen LogP contribution in [0.3, 0.4) is 0 Å². The Hall–Kier alpha value is -1.58. The molecule has 190 valence electrons. The van der Waals surface area contributed by atoms with Gasteiger partial charge in [0.15, 0.2) is 0 Å². The highest BCUT2D eigenvalue weighted by Crippen LogP contribution is 2.12. The number of amides is 1. The third-order valence-electron chi connectivity index (χ3n) is 6.57. The fourth-order valence-electron chi connectivity index (χ4n) is 4.50. The Labute approximate surface area is 205 Å². The first-order chi connectivity index (χ1) is 16.2. The molecule has 1 aliphatic rings. The first-order valence-electron chi connectivity index (χ1n) is 14.1. The van der Waals surface area contributed by atoms with Gasteiger partial charge in [-0.2, -0.15) is 0 Å². The molecule has 4 nitrogen and oxygen atoms in total. The van der Waals surface area contributed by atoms with Crippen molar-refractivity contribution in [3.8, 4) is 0 Å². The lowest BCUT2D eigenvalue weighted by atomic mass is 10.1. The molecule has 0 atom stereocenters. The largest absolute Gasteiger partial charge is 0.352 e. The number of hydrogen-bond acceptors (Lipinski definition) is 2. The number of carbonyl (C=O) groups excluding carboxylic acids is 1. The van der Waals surface area contributed by atoms with Gasteiger partial charge >= 0.3 is 0 Å². The second kappa shape index (κ2) is 21.0. The predicted octanol–water partition coefficient (Wildman–Crippen LogP) is 6.85. The lowest BCUT2D eigenvalue weighted by Crippen LogP contribution is -2.37. The van der Waals surface area contributed by atoms with E-state index < -0.39 is 0 Å². The van der Waals surface area contributed by atoms with E-state index in [0.717, 1.165) is 45.4 Å². The second-order valence-electron chi connectivity index (χ2n) is 9.55. The van der Waals surface area contributed by atoms with Gasteiger partial charge in [0.25, 0.3) is 0 Å². The smallest absolute Gasteiger partial charge is 0.246 e. The van der Waals surface area contributed by atoms with Gasteiger partial charge in [-0.1, -0.05) is 76.7 Å². The summed E-state index contributed by atoms with van der Waals surface area (Å²) in [6.07, 6.45) is 28.4. The highest BCUT2D eigenvalue weighted by molar-refractivity contribution is 5.78. The van der Waals surface area contributed by atoms with Gasteiger partial charge in [0.05, 0.1) is 13.6 Å². The monoisotopic (exact) mass is 460 g/mol. The molecule has 1 aliphatic heterocycles. The number of nitrogens with one attached hydrogen (secondary N) is 1. The molecule has 0 unspecified atom stereocenters. The Balaban J connectivity index is 2.05. The summed E-state index contributed by atoms with van der Waals surface area (Å²) >= 11 is 0. The molecule has 1 rings (SSSR count). The molecule has 1 N–H and O–H groups in total. The van der Waals surface area contributed by atoms with Gasteiger partial charge in [-0.3, -0.25) is 14.3 Å². The van der Waals surface area contributed by atoms with Crippen LogP contribution < -0.4 is 5.32 Å². The number of rotatable bonds is 21. The average molecular weight is 461 g/mol. The molecular weight excluding hydrogens is 406 g/mol. The van der Waals surface area contributed by atoms with Crippen LogP contribution in [0.5, 0.6) is 0 Å². The molecule has 33 heavy (non-hydrogen) atoms. The number of likely N-dealkylation sites (N-methyl/N-ethyl adjacent to an activating group) is 1. The summed E-state index contributed by atoms with van der Waals surface area (Å²) in [5, 5.41) is 3.15. The van der Waals surface area contributed by atoms with Crippen molar-refractivity contribution < 1.29 is 9.37 Å². The molecule has 0 aromatic carbocycles. The maximum atomic E-state index is 12.2. The van der Waals surface area contributed by atoms with Crippen LogP contribution >= 0.6 is 0 Å². The van der Waals surface area contributed by atoms with E-state index in [1.165, 1.54) is 82.9 Å². The molecule has 0 spiro atoms. The van der Waals surface area contributed by atoms with Crippen LogP contribution in [-0.2, 0) is 4.79 Å². The summed E-state index contributed by atoms with van der Waals surface area (Å²) in [6, 6.07) is 0. The third-order valence-corrected chi connectivity index (χ3v) is 6.57. The van der Waals surface area contributed by atoms with Gasteiger partial charge in [0.2, 0.25) is 11.7 Å². The number of nitrogens with zero attached hydrogens (tertiary/aromatic N) is 2. The summed E-state index contributed by atoms with van der Waals surface area (Å²) in [7, 11) is 2.22. The van der Waals surface area contributed by atoms with Crippen LogP contribution in [0.4, 0.5) is 0 Å². The van der Waals surface area contributed by atoms with Gasteiger partial charge in [-0.25, -0.2) is 0 Å². The van der Waals surface area contributed by atoms with Gasteiger partial charge in [-0.15, -0.1) is 0 Å². The van der Waals surface area contributed by atoms with Gasteiger partial charge in [0.1, 0.15) is 19.6 Å². The van der Waals surface area contributed by atoms with E-state index >= 15 is 0 Å². The molecule has 0 aliphatic carbocycles. The highest BCUT2D eigenvalue weighted by atomic mass is 16.1. The van der Waals surface area contributed by atoms with Crippen molar-refractivity contribution in [2.45, 2.75) is 117 Å². The molecule has 0 bridgehead atoms. The van der Waals surface area contributed by atoms with Crippen molar-refractivity contribution in [2.75, 3.05) is 33.2 Å². The Kier molecular flexibility index (Phi) is 18.7. The van der Waals surface area contributed by atoms with E-state index in [4.69, 9.17) is 0 Å². The van der Waals surface area contributed by atoms with Crippen molar-refractivity contribution in [3.05, 3.63) is 24.3 Å². The molecular formula is C29H54N3O+. The minimum absolute atomic E-state index is 0.226. The maximum absolute atomic E-state index is 12.2. The van der Waals surface area contributed by atoms with Crippen LogP contribution in [0.1, 0.15) is 117 Å². The topological polar surface area (TPSA) is 35.4 Å². The number of unbranched alkanes of at least 4 members (excludes halogenated alkanes) is 10. The minimum atomic E-state index is 0.226. The predicted molar refractivity (Wildman–Crippen MR) is 144 cm³/mol. The van der Waals surface area contributed by atoms with Crippen LogP contribution in [0.15, 0.2) is 24.3 Å². The zero-order valence-electron chi connectivity index (χ0n) is 22.3. The van der Waals surface area contributed by atoms with E-state index in [-0.39, 0.29) is 5.91 Å². The lowest BCUT2D eigenvalue weighted by Gasteiger charge is -2.14. The SMILES string of the molecule is CCC=CCCCCCCCC(=O)NCCN1CC[N+](C)=C1CCCCCCCC=CCC. The van der Waals surface area contributed by atoms with Crippen LogP contribution in [0.2, 0.25) is 0 Å². The number of carbonyl (C=O) groups is 1. The minimum Gasteiger partial charge on any atom is -0.352 e. The van der Waals surface area contributed by atoms with Crippen molar-refractivity contribution >= 4 is 11.7 Å². The summed E-state index contributed by atoms with van der Waals surface area (Å²) in [6.45, 7) is 8.30. The van der Waals surface area contributed by atoms with E-state index in [2.05, 4.69) is 60.0 Å². The van der Waals surface area contributed by atoms with Crippen molar-refractivity contribution in [3.63, 3.8) is 0 Å². The van der Waals surface area contributed by atoms with Crippen LogP contribution in [-0.4, -0.2) is 54.4 Å². The zero-order chi connectivity index (χ0) is 24.0. The second-order valence-corrected chi connectivity index (χ2v) is 9.55. The fraction of sp³-hybridized carbons (Fsp3) is 0.793. The molecule has 0 aromatic heterocycles. The van der Waals surface area contributed by atoms with Crippen LogP contribution in [0.25, 0.3) is 0 Å². The summed E-state index contributed by atoms with van der Waals surface area (Å²) in [5.41, 5.74) is 0. The molecule has 0 aromatic rings. The molecule has 0 saturated carbocycles. The van der Waals surface area contributed by atoms with Gasteiger partial charge < -0.3 is 5.32 Å². The third kappa shape index (κ3) is 15.8. The standard InChI is InChI=1S/C29H53N3O/c1-4-6-8-10-12-14-16-18-20-22-28(33)30-24-25-32-27-26-31(3)29(32)23-21-19-17-15-13-11-9-7-5-2/h6-9H,4-5,10-27H2,1-3H3/p+1. The van der Waals surface area contributed by atoms with E-state index in [0.29, 0.717) is 6.42 Å². The summed E-state index contributed by atoms with van der Waals surface area (Å²) in [5.74, 6) is 1.70. The Bertz CT molecular complexity index is 579. The highest BCUT2D eigenvalue weighted by Gasteiger charge is 2.27. The number of amidine groups is 1. The Morgan fingerprint density at radius 3 is 2.06 bits per heavy atom. The normalized spacial score (nSPS) is 14.3. The van der Waals surface area contributed by atoms with E-state index in [1.807, 2.05) is 0 Å². The van der Waals surface area contributed by atoms with Crippen LogP contribution in [0, 0.1) is 0 Å². The summed E-state index contributed by atoms with van der Waals surface area (Å²) < 4.78 is 2.41. The first kappa shape index (κ1) is 29.5. The van der Waals surface area contributed by atoms with Crippen molar-refractivity contribution in [2.24, 2.45) is 0 Å². The van der Waals surface area contributed by atoms with E-state index in [9.17, 15) is 4.79 Å². The molecule has 1 amide bonds.